The predicted molar refractivity (Wildman–Crippen MR) is 129 cm³/mol. The minimum absolute atomic E-state index is 0.0758. The molecule has 166 valence electrons. The van der Waals surface area contributed by atoms with Gasteiger partial charge < -0.3 is 14.2 Å². The Hall–Kier alpha value is -3.99. The molecule has 0 aliphatic carbocycles. The summed E-state index contributed by atoms with van der Waals surface area (Å²) in [6.45, 7) is 2.54. The van der Waals surface area contributed by atoms with Crippen molar-refractivity contribution >= 4 is 22.4 Å². The molecule has 4 aromatic carbocycles. The molecule has 0 N–H and O–H groups in total. The zero-order valence-electron chi connectivity index (χ0n) is 18.6. The van der Waals surface area contributed by atoms with Gasteiger partial charge in [0, 0.05) is 5.69 Å². The molecule has 0 saturated carbocycles. The van der Waals surface area contributed by atoms with Crippen LogP contribution in [0.25, 0.3) is 10.8 Å². The fourth-order valence-corrected chi connectivity index (χ4v) is 4.25. The Morgan fingerprint density at radius 3 is 2.15 bits per heavy atom. The minimum atomic E-state index is -0.619. The second-order valence-corrected chi connectivity index (χ2v) is 7.90. The Labute approximate surface area is 193 Å². The van der Waals surface area contributed by atoms with E-state index in [0.29, 0.717) is 12.4 Å². The smallest absolute Gasteiger partial charge is 0.271 e. The van der Waals surface area contributed by atoms with Crippen molar-refractivity contribution in [3.8, 4) is 17.2 Å². The van der Waals surface area contributed by atoms with Crippen LogP contribution in [0.1, 0.15) is 18.5 Å². The zero-order valence-corrected chi connectivity index (χ0v) is 18.6. The molecule has 1 fully saturated rings. The normalized spacial score (nSPS) is 17.5. The molecule has 0 bridgehead atoms. The van der Waals surface area contributed by atoms with Crippen molar-refractivity contribution in [1.29, 1.82) is 0 Å². The van der Waals surface area contributed by atoms with Crippen LogP contribution in [0.15, 0.2) is 91.0 Å². The highest BCUT2D eigenvalue weighted by Gasteiger charge is 2.51. The molecule has 5 rings (SSSR count). The number of ether oxygens (including phenoxy) is 3. The van der Waals surface area contributed by atoms with E-state index in [9.17, 15) is 4.79 Å². The second kappa shape index (κ2) is 8.87. The van der Waals surface area contributed by atoms with Gasteiger partial charge in [-0.3, -0.25) is 9.69 Å². The third-order valence-electron chi connectivity index (χ3n) is 5.91. The molecule has 0 radical (unpaired) electrons. The lowest BCUT2D eigenvalue weighted by Crippen LogP contribution is -2.61. The fraction of sp³-hybridized carbons (Fsp3) is 0.179. The van der Waals surface area contributed by atoms with E-state index in [1.165, 1.54) is 0 Å². The van der Waals surface area contributed by atoms with Gasteiger partial charge in [0.05, 0.1) is 13.7 Å². The summed E-state index contributed by atoms with van der Waals surface area (Å²) in [7, 11) is 1.64. The van der Waals surface area contributed by atoms with E-state index in [0.717, 1.165) is 33.5 Å². The summed E-state index contributed by atoms with van der Waals surface area (Å²) in [6.07, 6.45) is -0.619. The largest absolute Gasteiger partial charge is 0.497 e. The van der Waals surface area contributed by atoms with E-state index in [2.05, 4.69) is 6.07 Å². The maximum Gasteiger partial charge on any atom is 0.271 e. The summed E-state index contributed by atoms with van der Waals surface area (Å²) in [5, 5.41) is 2.21. The van der Waals surface area contributed by atoms with E-state index in [1.54, 1.807) is 12.0 Å². The number of methoxy groups -OCH3 is 1. The third-order valence-corrected chi connectivity index (χ3v) is 5.91. The molecule has 1 aliphatic rings. The number of hydrogen-bond acceptors (Lipinski definition) is 4. The number of carbonyl (C=O) groups is 1. The van der Waals surface area contributed by atoms with Crippen LogP contribution in [0, 0.1) is 0 Å². The zero-order chi connectivity index (χ0) is 22.8. The second-order valence-electron chi connectivity index (χ2n) is 7.90. The van der Waals surface area contributed by atoms with E-state index < -0.39 is 6.10 Å². The Morgan fingerprint density at radius 2 is 1.45 bits per heavy atom. The lowest BCUT2D eigenvalue weighted by Gasteiger charge is -2.46. The number of β-lactam (4-membered cyclic amide) rings is 1. The van der Waals surface area contributed by atoms with Crippen molar-refractivity contribution in [2.24, 2.45) is 0 Å². The first-order chi connectivity index (χ1) is 16.2. The number of nitrogens with zero attached hydrogens (tertiary/aromatic N) is 1. The van der Waals surface area contributed by atoms with Crippen LogP contribution in [0.2, 0.25) is 0 Å². The first-order valence-electron chi connectivity index (χ1n) is 11.0. The highest BCUT2D eigenvalue weighted by atomic mass is 16.5. The highest BCUT2D eigenvalue weighted by molar-refractivity contribution is 6.05. The van der Waals surface area contributed by atoms with Gasteiger partial charge in [-0.25, -0.2) is 0 Å². The summed E-state index contributed by atoms with van der Waals surface area (Å²) in [4.78, 5) is 15.1. The van der Waals surface area contributed by atoms with Gasteiger partial charge in [0.15, 0.2) is 0 Å². The van der Waals surface area contributed by atoms with Crippen molar-refractivity contribution in [1.82, 2.24) is 0 Å². The first-order valence-corrected chi connectivity index (χ1v) is 11.0. The Bertz CT molecular complexity index is 1270. The van der Waals surface area contributed by atoms with Gasteiger partial charge in [-0.2, -0.15) is 0 Å². The maximum absolute atomic E-state index is 13.3. The van der Waals surface area contributed by atoms with E-state index in [1.807, 2.05) is 91.9 Å². The minimum Gasteiger partial charge on any atom is -0.497 e. The van der Waals surface area contributed by atoms with Gasteiger partial charge >= 0.3 is 0 Å². The van der Waals surface area contributed by atoms with Crippen molar-refractivity contribution in [3.05, 3.63) is 96.6 Å². The van der Waals surface area contributed by atoms with Crippen LogP contribution in [0.5, 0.6) is 17.2 Å². The van der Waals surface area contributed by atoms with Crippen molar-refractivity contribution in [3.63, 3.8) is 0 Å². The van der Waals surface area contributed by atoms with Gasteiger partial charge in [-0.1, -0.05) is 42.5 Å². The molecule has 33 heavy (non-hydrogen) atoms. The lowest BCUT2D eigenvalue weighted by molar-refractivity contribution is -0.135. The van der Waals surface area contributed by atoms with Crippen molar-refractivity contribution < 1.29 is 19.0 Å². The van der Waals surface area contributed by atoms with Crippen LogP contribution in [0.4, 0.5) is 5.69 Å². The maximum atomic E-state index is 13.3. The molecule has 1 saturated heterocycles. The summed E-state index contributed by atoms with van der Waals surface area (Å²) in [6, 6.07) is 29.1. The number of anilines is 1. The monoisotopic (exact) mass is 439 g/mol. The Kier molecular flexibility index (Phi) is 5.61. The quantitative estimate of drug-likeness (QED) is 0.342. The van der Waals surface area contributed by atoms with Gasteiger partial charge in [0.25, 0.3) is 5.91 Å². The molecule has 1 aliphatic heterocycles. The van der Waals surface area contributed by atoms with Crippen molar-refractivity contribution in [2.45, 2.75) is 19.1 Å². The van der Waals surface area contributed by atoms with Gasteiger partial charge in [-0.15, -0.1) is 0 Å². The number of benzene rings is 4. The standard InChI is InChI=1S/C28H25NO4/c1-3-32-24-16-11-22(12-17-24)29-26(20-9-13-23(31-2)14-10-20)27(28(29)30)33-25-15-8-19-6-4-5-7-21(19)18-25/h4-18,26-27H,3H2,1-2H3. The van der Waals surface area contributed by atoms with Crippen LogP contribution in [-0.2, 0) is 4.79 Å². The molecule has 1 heterocycles. The van der Waals surface area contributed by atoms with Crippen molar-refractivity contribution in [2.75, 3.05) is 18.6 Å². The summed E-state index contributed by atoms with van der Waals surface area (Å²) >= 11 is 0. The fourth-order valence-electron chi connectivity index (χ4n) is 4.25. The molecule has 2 unspecified atom stereocenters. The topological polar surface area (TPSA) is 48.0 Å². The van der Waals surface area contributed by atoms with Crippen LogP contribution in [0.3, 0.4) is 0 Å². The molecule has 5 nitrogen and oxygen atoms in total. The van der Waals surface area contributed by atoms with E-state index in [4.69, 9.17) is 14.2 Å². The van der Waals surface area contributed by atoms with E-state index in [-0.39, 0.29) is 11.9 Å². The molecule has 0 aromatic heterocycles. The molecule has 0 spiro atoms. The molecule has 2 atom stereocenters. The third kappa shape index (κ3) is 3.98. The molecule has 4 aromatic rings. The Balaban J connectivity index is 1.47. The summed E-state index contributed by atoms with van der Waals surface area (Å²) < 4.78 is 17.1. The average Bonchev–Trinajstić information content (AvgIpc) is 2.86. The number of amides is 1. The summed E-state index contributed by atoms with van der Waals surface area (Å²) in [5.74, 6) is 2.15. The molecular formula is C28H25NO4. The van der Waals surface area contributed by atoms with Crippen LogP contribution in [-0.4, -0.2) is 25.7 Å². The highest BCUT2D eigenvalue weighted by Crippen LogP contribution is 2.42. The van der Waals surface area contributed by atoms with Crippen LogP contribution < -0.4 is 19.1 Å². The van der Waals surface area contributed by atoms with E-state index >= 15 is 0 Å². The number of rotatable bonds is 7. The first kappa shape index (κ1) is 20.9. The Morgan fingerprint density at radius 1 is 0.788 bits per heavy atom. The lowest BCUT2D eigenvalue weighted by atomic mass is 9.89. The molecular weight excluding hydrogens is 414 g/mol. The van der Waals surface area contributed by atoms with Gasteiger partial charge in [-0.05, 0) is 71.8 Å². The molecule has 5 heteroatoms. The molecule has 1 amide bonds. The SMILES string of the molecule is CCOc1ccc(N2C(=O)C(Oc3ccc4ccccc4c3)C2c2ccc(OC)cc2)cc1. The number of hydrogen-bond donors (Lipinski definition) is 0. The number of fused-ring (bicyclic) bond motifs is 1. The van der Waals surface area contributed by atoms with Gasteiger partial charge in [0.2, 0.25) is 6.10 Å². The summed E-state index contributed by atoms with van der Waals surface area (Å²) in [5.41, 5.74) is 1.79. The number of carbonyl (C=O) groups excluding carboxylic acids is 1. The van der Waals surface area contributed by atoms with Gasteiger partial charge in [0.1, 0.15) is 23.3 Å². The predicted octanol–water partition coefficient (Wildman–Crippen LogP) is 5.78. The average molecular weight is 440 g/mol. The van der Waals surface area contributed by atoms with Crippen LogP contribution >= 0.6 is 0 Å².